The second-order valence-electron chi connectivity index (χ2n) is 5.50. The van der Waals surface area contributed by atoms with E-state index in [2.05, 4.69) is 17.4 Å². The normalized spacial score (nSPS) is 10.3. The first-order valence-electron chi connectivity index (χ1n) is 8.04. The van der Waals surface area contributed by atoms with Gasteiger partial charge in [0.05, 0.1) is 6.54 Å². The Balaban J connectivity index is 1.46. The maximum Gasteiger partial charge on any atom is 0.251 e. The quantitative estimate of drug-likeness (QED) is 0.647. The number of hydrogen-bond donors (Lipinski definition) is 1. The van der Waals surface area contributed by atoms with E-state index in [1.54, 1.807) is 24.3 Å². The minimum Gasteiger partial charge on any atom is -0.492 e. The van der Waals surface area contributed by atoms with Gasteiger partial charge in [0.15, 0.2) is 0 Å². The Bertz CT molecular complexity index is 815. The van der Waals surface area contributed by atoms with Gasteiger partial charge < -0.3 is 10.1 Å². The molecule has 3 nitrogen and oxygen atoms in total. The lowest BCUT2D eigenvalue weighted by molar-refractivity contribution is 0.0947. The van der Waals surface area contributed by atoms with Gasteiger partial charge in [-0.2, -0.15) is 0 Å². The van der Waals surface area contributed by atoms with E-state index in [1.165, 1.54) is 5.56 Å². The highest BCUT2D eigenvalue weighted by Crippen LogP contribution is 2.21. The number of rotatable bonds is 6. The maximum absolute atomic E-state index is 12.0. The summed E-state index contributed by atoms with van der Waals surface area (Å²) < 4.78 is 5.67. The van der Waals surface area contributed by atoms with E-state index in [0.717, 1.165) is 11.3 Å². The number of halogens is 1. The monoisotopic (exact) mass is 351 g/mol. The molecule has 0 atom stereocenters. The van der Waals surface area contributed by atoms with Crippen molar-refractivity contribution < 1.29 is 9.53 Å². The molecular formula is C21H18ClNO2. The second kappa shape index (κ2) is 8.36. The van der Waals surface area contributed by atoms with Gasteiger partial charge in [0.1, 0.15) is 12.4 Å². The molecule has 0 fully saturated rings. The lowest BCUT2D eigenvalue weighted by Crippen LogP contribution is -2.28. The first-order valence-corrected chi connectivity index (χ1v) is 8.42. The number of hydrogen-bond acceptors (Lipinski definition) is 2. The van der Waals surface area contributed by atoms with Gasteiger partial charge in [-0.3, -0.25) is 4.79 Å². The van der Waals surface area contributed by atoms with Gasteiger partial charge in [-0.25, -0.2) is 0 Å². The first-order chi connectivity index (χ1) is 12.2. The van der Waals surface area contributed by atoms with Gasteiger partial charge in [0, 0.05) is 10.6 Å². The molecule has 3 rings (SSSR count). The predicted octanol–water partition coefficient (Wildman–Crippen LogP) is 4.82. The third kappa shape index (κ3) is 4.85. The molecule has 4 heteroatoms. The van der Waals surface area contributed by atoms with Crippen molar-refractivity contribution in [1.82, 2.24) is 5.32 Å². The van der Waals surface area contributed by atoms with Gasteiger partial charge >= 0.3 is 0 Å². The Hall–Kier alpha value is -2.78. The third-order valence-corrected chi connectivity index (χ3v) is 3.98. The van der Waals surface area contributed by atoms with Crippen LogP contribution in [0.5, 0.6) is 5.75 Å². The second-order valence-corrected chi connectivity index (χ2v) is 5.94. The molecule has 1 N–H and O–H groups in total. The zero-order chi connectivity index (χ0) is 17.5. The fraction of sp³-hybridized carbons (Fsp3) is 0.0952. The smallest absolute Gasteiger partial charge is 0.251 e. The largest absolute Gasteiger partial charge is 0.492 e. The summed E-state index contributed by atoms with van der Waals surface area (Å²) in [6.07, 6.45) is 0. The molecule has 0 aromatic heterocycles. The molecule has 0 bridgehead atoms. The molecule has 0 aliphatic rings. The standard InChI is InChI=1S/C21H18ClNO2/c22-19-10-6-18(7-11-19)21(24)23-14-15-25-20-12-8-17(9-13-20)16-4-2-1-3-5-16/h1-13H,14-15H2,(H,23,24). The summed E-state index contributed by atoms with van der Waals surface area (Å²) in [6, 6.07) is 24.9. The molecule has 0 radical (unpaired) electrons. The van der Waals surface area contributed by atoms with E-state index in [-0.39, 0.29) is 5.91 Å². The van der Waals surface area contributed by atoms with Crippen molar-refractivity contribution in [3.05, 3.63) is 89.4 Å². The summed E-state index contributed by atoms with van der Waals surface area (Å²) in [5.74, 6) is 0.639. The SMILES string of the molecule is O=C(NCCOc1ccc(-c2ccccc2)cc1)c1ccc(Cl)cc1. The number of ether oxygens (including phenoxy) is 1. The summed E-state index contributed by atoms with van der Waals surface area (Å²) in [6.45, 7) is 0.839. The van der Waals surface area contributed by atoms with Crippen molar-refractivity contribution in [3.8, 4) is 16.9 Å². The van der Waals surface area contributed by atoms with Crippen LogP contribution in [0.4, 0.5) is 0 Å². The zero-order valence-electron chi connectivity index (χ0n) is 13.6. The van der Waals surface area contributed by atoms with Gasteiger partial charge in [-0.1, -0.05) is 54.1 Å². The van der Waals surface area contributed by atoms with Crippen LogP contribution < -0.4 is 10.1 Å². The van der Waals surface area contributed by atoms with Gasteiger partial charge in [-0.15, -0.1) is 0 Å². The van der Waals surface area contributed by atoms with E-state index >= 15 is 0 Å². The van der Waals surface area contributed by atoms with Gasteiger partial charge in [0.2, 0.25) is 0 Å². The molecule has 3 aromatic rings. The number of benzene rings is 3. The Labute approximate surface area is 152 Å². The van der Waals surface area contributed by atoms with Gasteiger partial charge in [0.25, 0.3) is 5.91 Å². The van der Waals surface area contributed by atoms with Crippen molar-refractivity contribution in [3.63, 3.8) is 0 Å². The van der Waals surface area contributed by atoms with Crippen LogP contribution in [0, 0.1) is 0 Å². The summed E-state index contributed by atoms with van der Waals surface area (Å²) in [7, 11) is 0. The molecule has 0 unspecified atom stereocenters. The van der Waals surface area contributed by atoms with E-state index in [0.29, 0.717) is 23.7 Å². The highest BCUT2D eigenvalue weighted by atomic mass is 35.5. The first kappa shape index (κ1) is 17.1. The predicted molar refractivity (Wildman–Crippen MR) is 101 cm³/mol. The van der Waals surface area contributed by atoms with E-state index < -0.39 is 0 Å². The average molecular weight is 352 g/mol. The molecule has 0 aliphatic carbocycles. The fourth-order valence-electron chi connectivity index (χ4n) is 2.41. The Kier molecular flexibility index (Phi) is 5.70. The molecule has 1 amide bonds. The van der Waals surface area contributed by atoms with Crippen molar-refractivity contribution >= 4 is 17.5 Å². The van der Waals surface area contributed by atoms with Crippen LogP contribution in [-0.2, 0) is 0 Å². The summed E-state index contributed by atoms with van der Waals surface area (Å²) in [5.41, 5.74) is 2.89. The molecule has 126 valence electrons. The number of carbonyl (C=O) groups excluding carboxylic acids is 1. The molecule has 25 heavy (non-hydrogen) atoms. The minimum atomic E-state index is -0.139. The molecule has 0 saturated heterocycles. The maximum atomic E-state index is 12.0. The van der Waals surface area contributed by atoms with Crippen LogP contribution in [0.2, 0.25) is 5.02 Å². The van der Waals surface area contributed by atoms with Crippen LogP contribution in [0.1, 0.15) is 10.4 Å². The summed E-state index contributed by atoms with van der Waals surface area (Å²) >= 11 is 5.81. The lowest BCUT2D eigenvalue weighted by atomic mass is 10.1. The van der Waals surface area contributed by atoms with Crippen molar-refractivity contribution in [2.45, 2.75) is 0 Å². The Morgan fingerprint density at radius 1 is 0.840 bits per heavy atom. The van der Waals surface area contributed by atoms with Crippen LogP contribution in [0.3, 0.4) is 0 Å². The van der Waals surface area contributed by atoms with Crippen LogP contribution in [0.15, 0.2) is 78.9 Å². The van der Waals surface area contributed by atoms with Gasteiger partial charge in [-0.05, 0) is 47.5 Å². The molecular weight excluding hydrogens is 334 g/mol. The van der Waals surface area contributed by atoms with E-state index in [9.17, 15) is 4.79 Å². The van der Waals surface area contributed by atoms with Crippen LogP contribution >= 0.6 is 11.6 Å². The van der Waals surface area contributed by atoms with Crippen LogP contribution in [-0.4, -0.2) is 19.1 Å². The van der Waals surface area contributed by atoms with E-state index in [4.69, 9.17) is 16.3 Å². The number of carbonyl (C=O) groups is 1. The van der Waals surface area contributed by atoms with Crippen molar-refractivity contribution in [2.75, 3.05) is 13.2 Å². The highest BCUT2D eigenvalue weighted by Gasteiger charge is 2.04. The molecule has 0 saturated carbocycles. The lowest BCUT2D eigenvalue weighted by Gasteiger charge is -2.09. The zero-order valence-corrected chi connectivity index (χ0v) is 14.4. The topological polar surface area (TPSA) is 38.3 Å². The minimum absolute atomic E-state index is 0.139. The number of nitrogens with one attached hydrogen (secondary N) is 1. The summed E-state index contributed by atoms with van der Waals surface area (Å²) in [4.78, 5) is 12.0. The fourth-order valence-corrected chi connectivity index (χ4v) is 2.54. The van der Waals surface area contributed by atoms with Crippen molar-refractivity contribution in [1.29, 1.82) is 0 Å². The molecule has 0 spiro atoms. The number of amides is 1. The third-order valence-electron chi connectivity index (χ3n) is 3.72. The Morgan fingerprint density at radius 2 is 1.48 bits per heavy atom. The molecule has 0 heterocycles. The average Bonchev–Trinajstić information content (AvgIpc) is 2.67. The molecule has 3 aromatic carbocycles. The summed E-state index contributed by atoms with van der Waals surface area (Å²) in [5, 5.41) is 3.43. The Morgan fingerprint density at radius 3 is 2.16 bits per heavy atom. The highest BCUT2D eigenvalue weighted by molar-refractivity contribution is 6.30. The molecule has 0 aliphatic heterocycles. The van der Waals surface area contributed by atoms with Crippen LogP contribution in [0.25, 0.3) is 11.1 Å². The van der Waals surface area contributed by atoms with E-state index in [1.807, 2.05) is 42.5 Å². The van der Waals surface area contributed by atoms with Crippen molar-refractivity contribution in [2.24, 2.45) is 0 Å².